The molecule has 0 radical (unpaired) electrons. The number of rotatable bonds is 8. The van der Waals surface area contributed by atoms with Crippen molar-refractivity contribution in [3.63, 3.8) is 0 Å². The number of anilines is 1. The molecule has 4 heteroatoms. The molecule has 1 aliphatic rings. The Labute approximate surface area is 168 Å². The topological polar surface area (TPSA) is 41.6 Å². The summed E-state index contributed by atoms with van der Waals surface area (Å²) in [5.74, 6) is 1.43. The third-order valence-corrected chi connectivity index (χ3v) is 5.35. The fourth-order valence-electron chi connectivity index (χ4n) is 3.56. The average Bonchev–Trinajstić information content (AvgIpc) is 2.71. The first-order chi connectivity index (χ1) is 13.6. The number of nitrogens with zero attached hydrogens (tertiary/aromatic N) is 1. The second-order valence-corrected chi connectivity index (χ2v) is 7.89. The molecule has 0 aliphatic carbocycles. The summed E-state index contributed by atoms with van der Waals surface area (Å²) in [4.78, 5) is 14.7. The molecule has 0 saturated carbocycles. The predicted molar refractivity (Wildman–Crippen MR) is 115 cm³/mol. The Morgan fingerprint density at radius 1 is 1.04 bits per heavy atom. The molecule has 150 valence electrons. The fraction of sp³-hybridized carbons (Fsp3) is 0.458. The summed E-state index contributed by atoms with van der Waals surface area (Å²) >= 11 is 0. The van der Waals surface area contributed by atoms with Crippen molar-refractivity contribution in [3.05, 3.63) is 59.7 Å². The van der Waals surface area contributed by atoms with Crippen LogP contribution in [0.1, 0.15) is 44.2 Å². The van der Waals surface area contributed by atoms with Gasteiger partial charge in [-0.15, -0.1) is 0 Å². The molecule has 1 heterocycles. The summed E-state index contributed by atoms with van der Waals surface area (Å²) in [5, 5.41) is 2.90. The van der Waals surface area contributed by atoms with Crippen molar-refractivity contribution in [1.82, 2.24) is 4.90 Å². The number of hydrogen-bond acceptors (Lipinski definition) is 3. The smallest absolute Gasteiger partial charge is 0.262 e. The van der Waals surface area contributed by atoms with Gasteiger partial charge in [-0.05, 0) is 73.7 Å². The molecule has 0 bridgehead atoms. The molecule has 1 saturated heterocycles. The molecule has 2 aromatic rings. The molecule has 1 fully saturated rings. The van der Waals surface area contributed by atoms with Crippen molar-refractivity contribution in [1.29, 1.82) is 0 Å². The summed E-state index contributed by atoms with van der Waals surface area (Å²) in [6.45, 7) is 7.85. The molecular weight excluding hydrogens is 348 g/mol. The van der Waals surface area contributed by atoms with Crippen LogP contribution < -0.4 is 10.1 Å². The Bertz CT molecular complexity index is 732. The lowest BCUT2D eigenvalue weighted by Crippen LogP contribution is -2.32. The zero-order valence-electron chi connectivity index (χ0n) is 17.1. The Balaban J connectivity index is 1.42. The SMILES string of the molecule is CCCc1ccc(OCC(=O)Nc2ccc(CN3CCC(C)CC3)cc2)cc1. The summed E-state index contributed by atoms with van der Waals surface area (Å²) in [6, 6.07) is 16.1. The van der Waals surface area contributed by atoms with Crippen molar-refractivity contribution in [2.45, 2.75) is 46.1 Å². The predicted octanol–water partition coefficient (Wildman–Crippen LogP) is 4.89. The highest BCUT2D eigenvalue weighted by molar-refractivity contribution is 5.91. The van der Waals surface area contributed by atoms with Gasteiger partial charge in [-0.25, -0.2) is 0 Å². The highest BCUT2D eigenvalue weighted by Gasteiger charge is 2.15. The summed E-state index contributed by atoms with van der Waals surface area (Å²) in [5.41, 5.74) is 3.39. The molecule has 1 amide bonds. The summed E-state index contributed by atoms with van der Waals surface area (Å²) in [7, 11) is 0. The van der Waals surface area contributed by atoms with E-state index in [9.17, 15) is 4.79 Å². The molecule has 28 heavy (non-hydrogen) atoms. The van der Waals surface area contributed by atoms with Gasteiger partial charge in [0, 0.05) is 12.2 Å². The third-order valence-electron chi connectivity index (χ3n) is 5.35. The second kappa shape index (κ2) is 10.3. The Morgan fingerprint density at radius 3 is 2.32 bits per heavy atom. The maximum absolute atomic E-state index is 12.1. The number of hydrogen-bond donors (Lipinski definition) is 1. The lowest BCUT2D eigenvalue weighted by atomic mass is 9.99. The molecule has 0 unspecified atom stereocenters. The van der Waals surface area contributed by atoms with Crippen LogP contribution in [-0.2, 0) is 17.8 Å². The molecule has 0 atom stereocenters. The quantitative estimate of drug-likeness (QED) is 0.709. The van der Waals surface area contributed by atoms with Crippen molar-refractivity contribution >= 4 is 11.6 Å². The van der Waals surface area contributed by atoms with Gasteiger partial charge in [0.2, 0.25) is 0 Å². The van der Waals surface area contributed by atoms with Gasteiger partial charge in [-0.2, -0.15) is 0 Å². The highest BCUT2D eigenvalue weighted by Crippen LogP contribution is 2.19. The second-order valence-electron chi connectivity index (χ2n) is 7.89. The van der Waals surface area contributed by atoms with Crippen LogP contribution >= 0.6 is 0 Å². The zero-order chi connectivity index (χ0) is 19.8. The Morgan fingerprint density at radius 2 is 1.68 bits per heavy atom. The lowest BCUT2D eigenvalue weighted by Gasteiger charge is -2.30. The van der Waals surface area contributed by atoms with Gasteiger partial charge in [0.25, 0.3) is 5.91 Å². The van der Waals surface area contributed by atoms with E-state index in [4.69, 9.17) is 4.74 Å². The Hall–Kier alpha value is -2.33. The van der Waals surface area contributed by atoms with Crippen LogP contribution in [0, 0.1) is 5.92 Å². The number of piperidine rings is 1. The molecule has 0 spiro atoms. The summed E-state index contributed by atoms with van der Waals surface area (Å²) < 4.78 is 5.59. The largest absolute Gasteiger partial charge is 0.484 e. The van der Waals surface area contributed by atoms with E-state index in [2.05, 4.69) is 48.3 Å². The van der Waals surface area contributed by atoms with Crippen molar-refractivity contribution in [3.8, 4) is 5.75 Å². The molecule has 4 nitrogen and oxygen atoms in total. The fourth-order valence-corrected chi connectivity index (χ4v) is 3.56. The van der Waals surface area contributed by atoms with Crippen LogP contribution in [0.25, 0.3) is 0 Å². The minimum absolute atomic E-state index is 0.0147. The molecule has 2 aromatic carbocycles. The van der Waals surface area contributed by atoms with Crippen LogP contribution in [0.2, 0.25) is 0 Å². The number of benzene rings is 2. The van der Waals surface area contributed by atoms with E-state index in [1.54, 1.807) is 0 Å². The van der Waals surface area contributed by atoms with Crippen LogP contribution in [0.3, 0.4) is 0 Å². The zero-order valence-corrected chi connectivity index (χ0v) is 17.1. The molecule has 0 aromatic heterocycles. The minimum Gasteiger partial charge on any atom is -0.484 e. The molecular formula is C24H32N2O2. The van der Waals surface area contributed by atoms with Gasteiger partial charge in [-0.1, -0.05) is 44.5 Å². The molecule has 1 aliphatic heterocycles. The van der Waals surface area contributed by atoms with E-state index in [1.807, 2.05) is 24.3 Å². The van der Waals surface area contributed by atoms with Gasteiger partial charge in [-0.3, -0.25) is 9.69 Å². The number of ether oxygens (including phenoxy) is 1. The van der Waals surface area contributed by atoms with E-state index >= 15 is 0 Å². The summed E-state index contributed by atoms with van der Waals surface area (Å²) in [6.07, 6.45) is 4.76. The van der Waals surface area contributed by atoms with E-state index in [0.717, 1.165) is 36.7 Å². The van der Waals surface area contributed by atoms with E-state index < -0.39 is 0 Å². The number of amides is 1. The number of carbonyl (C=O) groups excluding carboxylic acids is 1. The van der Waals surface area contributed by atoms with Crippen LogP contribution in [0.5, 0.6) is 5.75 Å². The average molecular weight is 381 g/mol. The maximum Gasteiger partial charge on any atom is 0.262 e. The number of aryl methyl sites for hydroxylation is 1. The van der Waals surface area contributed by atoms with Crippen LogP contribution in [-0.4, -0.2) is 30.5 Å². The van der Waals surface area contributed by atoms with E-state index in [0.29, 0.717) is 0 Å². The first kappa shape index (κ1) is 20.4. The Kier molecular flexibility index (Phi) is 7.49. The van der Waals surface area contributed by atoms with Gasteiger partial charge < -0.3 is 10.1 Å². The van der Waals surface area contributed by atoms with E-state index in [-0.39, 0.29) is 12.5 Å². The van der Waals surface area contributed by atoms with Crippen molar-refractivity contribution in [2.24, 2.45) is 5.92 Å². The third kappa shape index (κ3) is 6.38. The standard InChI is InChI=1S/C24H32N2O2/c1-3-4-20-7-11-23(12-8-20)28-18-24(27)25-22-9-5-21(6-10-22)17-26-15-13-19(2)14-16-26/h5-12,19H,3-4,13-18H2,1-2H3,(H,25,27). The number of nitrogens with one attached hydrogen (secondary N) is 1. The minimum atomic E-state index is -0.143. The maximum atomic E-state index is 12.1. The van der Waals surface area contributed by atoms with Crippen molar-refractivity contribution < 1.29 is 9.53 Å². The van der Waals surface area contributed by atoms with Gasteiger partial charge in [0.1, 0.15) is 5.75 Å². The van der Waals surface area contributed by atoms with E-state index in [1.165, 1.54) is 37.1 Å². The normalized spacial score (nSPS) is 15.4. The first-order valence-electron chi connectivity index (χ1n) is 10.4. The first-order valence-corrected chi connectivity index (χ1v) is 10.4. The number of likely N-dealkylation sites (tertiary alicyclic amines) is 1. The molecule has 1 N–H and O–H groups in total. The van der Waals surface area contributed by atoms with Crippen LogP contribution in [0.15, 0.2) is 48.5 Å². The van der Waals surface area contributed by atoms with Gasteiger partial charge in [0.15, 0.2) is 6.61 Å². The van der Waals surface area contributed by atoms with Gasteiger partial charge >= 0.3 is 0 Å². The highest BCUT2D eigenvalue weighted by atomic mass is 16.5. The number of carbonyl (C=O) groups is 1. The monoisotopic (exact) mass is 380 g/mol. The molecule has 3 rings (SSSR count). The van der Waals surface area contributed by atoms with Crippen molar-refractivity contribution in [2.75, 3.05) is 25.0 Å². The lowest BCUT2D eigenvalue weighted by molar-refractivity contribution is -0.118. The van der Waals surface area contributed by atoms with Crippen LogP contribution in [0.4, 0.5) is 5.69 Å². The van der Waals surface area contributed by atoms with Gasteiger partial charge in [0.05, 0.1) is 0 Å².